The molecule has 1 N–H and O–H groups in total. The molecule has 0 aliphatic rings. The van der Waals surface area contributed by atoms with Gasteiger partial charge in [0.2, 0.25) is 5.91 Å². The fourth-order valence-corrected chi connectivity index (χ4v) is 1.04. The van der Waals surface area contributed by atoms with Gasteiger partial charge >= 0.3 is 0 Å². The van der Waals surface area contributed by atoms with Crippen LogP contribution in [0.4, 0.5) is 0 Å². The van der Waals surface area contributed by atoms with Crippen LogP contribution in [0.1, 0.15) is 25.8 Å². The molecule has 1 heterocycles. The number of nitrogens with zero attached hydrogens (tertiary/aromatic N) is 2. The molecule has 0 bridgehead atoms. The van der Waals surface area contributed by atoms with Gasteiger partial charge in [-0.3, -0.25) is 9.78 Å². The maximum Gasteiger partial charge on any atom is 0.240 e. The highest BCUT2D eigenvalue weighted by Gasteiger charge is 2.01. The first-order valence-electron chi connectivity index (χ1n) is 4.90. The lowest BCUT2D eigenvalue weighted by Crippen LogP contribution is -2.19. The summed E-state index contributed by atoms with van der Waals surface area (Å²) >= 11 is 0. The number of aromatic nitrogens is 1. The van der Waals surface area contributed by atoms with Gasteiger partial charge in [-0.05, 0) is 23.6 Å². The van der Waals surface area contributed by atoms with Crippen molar-refractivity contribution < 1.29 is 4.79 Å². The molecule has 0 saturated heterocycles. The van der Waals surface area contributed by atoms with Gasteiger partial charge in [0.25, 0.3) is 0 Å². The molecule has 0 radical (unpaired) electrons. The van der Waals surface area contributed by atoms with Crippen molar-refractivity contribution in [1.29, 1.82) is 0 Å². The van der Waals surface area contributed by atoms with E-state index in [1.165, 1.54) is 0 Å². The molecule has 0 fully saturated rings. The fourth-order valence-electron chi connectivity index (χ4n) is 1.04. The van der Waals surface area contributed by atoms with Crippen LogP contribution in [0.15, 0.2) is 29.6 Å². The van der Waals surface area contributed by atoms with Gasteiger partial charge in [0, 0.05) is 18.8 Å². The van der Waals surface area contributed by atoms with Crippen molar-refractivity contribution >= 4 is 12.1 Å². The molecule has 0 atom stereocenters. The third-order valence-electron chi connectivity index (χ3n) is 1.70. The summed E-state index contributed by atoms with van der Waals surface area (Å²) in [6.07, 6.45) is 5.45. The molecule has 0 aliphatic carbocycles. The van der Waals surface area contributed by atoms with Crippen LogP contribution in [-0.2, 0) is 4.79 Å². The number of hydrazone groups is 1. The summed E-state index contributed by atoms with van der Waals surface area (Å²) in [5.74, 6) is 0.288. The quantitative estimate of drug-likeness (QED) is 0.599. The van der Waals surface area contributed by atoms with Gasteiger partial charge in [0.1, 0.15) is 0 Å². The SMILES string of the molecule is CC(C)CC(=O)N/N=C/c1ccncc1. The highest BCUT2D eigenvalue weighted by atomic mass is 16.2. The molecule has 1 amide bonds. The zero-order chi connectivity index (χ0) is 11.1. The molecule has 0 spiro atoms. The Morgan fingerprint density at radius 2 is 2.20 bits per heavy atom. The summed E-state index contributed by atoms with van der Waals surface area (Å²) in [6, 6.07) is 3.64. The maximum atomic E-state index is 11.2. The predicted molar refractivity (Wildman–Crippen MR) is 59.4 cm³/mol. The minimum atomic E-state index is -0.0599. The van der Waals surface area contributed by atoms with E-state index in [2.05, 4.69) is 15.5 Å². The van der Waals surface area contributed by atoms with Crippen LogP contribution >= 0.6 is 0 Å². The summed E-state index contributed by atoms with van der Waals surface area (Å²) in [4.78, 5) is 15.1. The van der Waals surface area contributed by atoms with Crippen LogP contribution in [0, 0.1) is 5.92 Å². The number of hydrogen-bond acceptors (Lipinski definition) is 3. The first-order valence-corrected chi connectivity index (χ1v) is 4.90. The zero-order valence-corrected chi connectivity index (χ0v) is 8.97. The topological polar surface area (TPSA) is 54.4 Å². The molecule has 80 valence electrons. The van der Waals surface area contributed by atoms with E-state index >= 15 is 0 Å². The Balaban J connectivity index is 2.37. The van der Waals surface area contributed by atoms with E-state index in [9.17, 15) is 4.79 Å². The lowest BCUT2D eigenvalue weighted by molar-refractivity contribution is -0.121. The van der Waals surface area contributed by atoms with Gasteiger partial charge in [-0.1, -0.05) is 13.8 Å². The molecule has 0 saturated carbocycles. The van der Waals surface area contributed by atoms with Crippen molar-refractivity contribution in [2.45, 2.75) is 20.3 Å². The van der Waals surface area contributed by atoms with Crippen molar-refractivity contribution in [2.75, 3.05) is 0 Å². The molecular formula is C11H15N3O. The van der Waals surface area contributed by atoms with E-state index in [-0.39, 0.29) is 5.91 Å². The standard InChI is InChI=1S/C11H15N3O/c1-9(2)7-11(15)14-13-8-10-3-5-12-6-4-10/h3-6,8-9H,7H2,1-2H3,(H,14,15)/b13-8+. The smallest absolute Gasteiger partial charge is 0.240 e. The second-order valence-electron chi connectivity index (χ2n) is 3.67. The fraction of sp³-hybridized carbons (Fsp3) is 0.364. The summed E-state index contributed by atoms with van der Waals surface area (Å²) in [6.45, 7) is 3.98. The second-order valence-corrected chi connectivity index (χ2v) is 3.67. The first kappa shape index (κ1) is 11.4. The minimum absolute atomic E-state index is 0.0599. The Labute approximate surface area is 89.4 Å². The van der Waals surface area contributed by atoms with E-state index in [0.29, 0.717) is 12.3 Å². The third kappa shape index (κ3) is 4.90. The van der Waals surface area contributed by atoms with Crippen molar-refractivity contribution in [2.24, 2.45) is 11.0 Å². The average Bonchev–Trinajstić information content (AvgIpc) is 2.18. The molecule has 0 aliphatic heterocycles. The maximum absolute atomic E-state index is 11.2. The van der Waals surface area contributed by atoms with Crippen LogP contribution in [0.5, 0.6) is 0 Å². The minimum Gasteiger partial charge on any atom is -0.273 e. The van der Waals surface area contributed by atoms with Gasteiger partial charge in [0.05, 0.1) is 6.21 Å². The van der Waals surface area contributed by atoms with Crippen molar-refractivity contribution in [1.82, 2.24) is 10.4 Å². The molecule has 15 heavy (non-hydrogen) atoms. The van der Waals surface area contributed by atoms with Crippen LogP contribution in [0.2, 0.25) is 0 Å². The number of pyridine rings is 1. The largest absolute Gasteiger partial charge is 0.273 e. The number of nitrogens with one attached hydrogen (secondary N) is 1. The third-order valence-corrected chi connectivity index (χ3v) is 1.70. The monoisotopic (exact) mass is 205 g/mol. The van der Waals surface area contributed by atoms with Gasteiger partial charge in [-0.25, -0.2) is 5.43 Å². The molecule has 0 unspecified atom stereocenters. The Morgan fingerprint density at radius 3 is 2.80 bits per heavy atom. The van der Waals surface area contributed by atoms with Gasteiger partial charge < -0.3 is 0 Å². The van der Waals surface area contributed by atoms with E-state index in [1.54, 1.807) is 18.6 Å². The van der Waals surface area contributed by atoms with Gasteiger partial charge in [-0.2, -0.15) is 5.10 Å². The van der Waals surface area contributed by atoms with Crippen molar-refractivity contribution in [3.05, 3.63) is 30.1 Å². The highest BCUT2D eigenvalue weighted by Crippen LogP contribution is 1.97. The molecule has 0 aromatic carbocycles. The Morgan fingerprint density at radius 1 is 1.53 bits per heavy atom. The van der Waals surface area contributed by atoms with E-state index in [1.807, 2.05) is 26.0 Å². The Hall–Kier alpha value is -1.71. The summed E-state index contributed by atoms with van der Waals surface area (Å²) in [5, 5.41) is 3.84. The Kier molecular flexibility index (Phi) is 4.47. The highest BCUT2D eigenvalue weighted by molar-refractivity contribution is 5.82. The van der Waals surface area contributed by atoms with E-state index in [4.69, 9.17) is 0 Å². The van der Waals surface area contributed by atoms with Crippen LogP contribution in [0.3, 0.4) is 0 Å². The predicted octanol–water partition coefficient (Wildman–Crippen LogP) is 1.58. The van der Waals surface area contributed by atoms with E-state index in [0.717, 1.165) is 5.56 Å². The zero-order valence-electron chi connectivity index (χ0n) is 8.97. The van der Waals surface area contributed by atoms with Crippen molar-refractivity contribution in [3.63, 3.8) is 0 Å². The number of carbonyl (C=O) groups excluding carboxylic acids is 1. The van der Waals surface area contributed by atoms with Crippen LogP contribution in [-0.4, -0.2) is 17.1 Å². The Bertz CT molecular complexity index is 333. The molecule has 1 aromatic heterocycles. The van der Waals surface area contributed by atoms with Gasteiger partial charge in [-0.15, -0.1) is 0 Å². The second kappa shape index (κ2) is 5.90. The number of carbonyl (C=O) groups is 1. The average molecular weight is 205 g/mol. The lowest BCUT2D eigenvalue weighted by atomic mass is 10.1. The summed E-state index contributed by atoms with van der Waals surface area (Å²) in [7, 11) is 0. The van der Waals surface area contributed by atoms with Crippen LogP contribution in [0.25, 0.3) is 0 Å². The van der Waals surface area contributed by atoms with Crippen LogP contribution < -0.4 is 5.43 Å². The molecule has 4 nitrogen and oxygen atoms in total. The summed E-state index contributed by atoms with van der Waals surface area (Å²) in [5.41, 5.74) is 3.38. The number of hydrogen-bond donors (Lipinski definition) is 1. The van der Waals surface area contributed by atoms with E-state index < -0.39 is 0 Å². The molecule has 4 heteroatoms. The number of amides is 1. The normalized spacial score (nSPS) is 10.9. The molecular weight excluding hydrogens is 190 g/mol. The van der Waals surface area contributed by atoms with Gasteiger partial charge in [0.15, 0.2) is 0 Å². The lowest BCUT2D eigenvalue weighted by Gasteiger charge is -2.01. The summed E-state index contributed by atoms with van der Waals surface area (Å²) < 4.78 is 0. The number of rotatable bonds is 4. The first-order chi connectivity index (χ1) is 7.18. The molecule has 1 rings (SSSR count). The van der Waals surface area contributed by atoms with Crippen molar-refractivity contribution in [3.8, 4) is 0 Å². The molecule has 1 aromatic rings.